The molecule has 17 heavy (non-hydrogen) atoms. The van der Waals surface area contributed by atoms with Gasteiger partial charge in [0, 0.05) is 11.0 Å². The van der Waals surface area contributed by atoms with Gasteiger partial charge in [-0.25, -0.2) is 0 Å². The summed E-state index contributed by atoms with van der Waals surface area (Å²) in [5.41, 5.74) is 1.91. The maximum Gasteiger partial charge on any atom is 0.265 e. The van der Waals surface area contributed by atoms with Crippen molar-refractivity contribution in [1.82, 2.24) is 0 Å². The maximum absolute atomic E-state index is 11.9. The van der Waals surface area contributed by atoms with Crippen molar-refractivity contribution in [2.75, 3.05) is 5.32 Å². The van der Waals surface area contributed by atoms with Gasteiger partial charge in [-0.1, -0.05) is 39.7 Å². The van der Waals surface area contributed by atoms with E-state index in [-0.39, 0.29) is 5.91 Å². The van der Waals surface area contributed by atoms with Gasteiger partial charge < -0.3 is 5.32 Å². The molecule has 0 radical (unpaired) electrons. The van der Waals surface area contributed by atoms with Crippen LogP contribution in [-0.4, -0.2) is 5.91 Å². The number of alkyl halides is 1. The summed E-state index contributed by atoms with van der Waals surface area (Å²) in [5, 5.41) is 3.60. The number of rotatable bonds is 3. The molecule has 1 aromatic carbocycles. The molecule has 0 unspecified atom stereocenters. The van der Waals surface area contributed by atoms with Gasteiger partial charge >= 0.3 is 0 Å². The average molecular weight is 331 g/mol. The van der Waals surface area contributed by atoms with E-state index in [0.717, 1.165) is 16.6 Å². The Balaban J connectivity index is 2.12. The standard InChI is InChI=1S/C12H9BrClNOS/c13-7-8-2-1-3-9(6-8)15-12(16)10-4-5-11(14)17-10/h1-6H,7H2,(H,15,16). The third-order valence-corrected chi connectivity index (χ3v) is 4.01. The van der Waals surface area contributed by atoms with E-state index in [0.29, 0.717) is 9.21 Å². The number of hydrogen-bond donors (Lipinski definition) is 1. The van der Waals surface area contributed by atoms with Gasteiger partial charge in [0.05, 0.1) is 9.21 Å². The lowest BCUT2D eigenvalue weighted by atomic mass is 10.2. The topological polar surface area (TPSA) is 29.1 Å². The fourth-order valence-electron chi connectivity index (χ4n) is 1.36. The Morgan fingerprint density at radius 3 is 2.82 bits per heavy atom. The Labute approximate surface area is 117 Å². The Kier molecular flexibility index (Phi) is 4.20. The Morgan fingerprint density at radius 1 is 1.35 bits per heavy atom. The fraction of sp³-hybridized carbons (Fsp3) is 0.0833. The van der Waals surface area contributed by atoms with Crippen LogP contribution in [0.15, 0.2) is 36.4 Å². The highest BCUT2D eigenvalue weighted by Crippen LogP contribution is 2.22. The summed E-state index contributed by atoms with van der Waals surface area (Å²) >= 11 is 10.4. The maximum atomic E-state index is 11.9. The Hall–Kier alpha value is -0.840. The molecule has 0 saturated carbocycles. The zero-order chi connectivity index (χ0) is 12.3. The highest BCUT2D eigenvalue weighted by Gasteiger charge is 2.08. The third kappa shape index (κ3) is 3.31. The van der Waals surface area contributed by atoms with Crippen LogP contribution in [-0.2, 0) is 5.33 Å². The molecule has 0 atom stereocenters. The van der Waals surface area contributed by atoms with Crippen LogP contribution in [0.25, 0.3) is 0 Å². The van der Waals surface area contributed by atoms with E-state index < -0.39 is 0 Å². The molecule has 0 bridgehead atoms. The number of carbonyl (C=O) groups is 1. The van der Waals surface area contributed by atoms with Crippen molar-refractivity contribution in [3.05, 3.63) is 51.2 Å². The molecular formula is C12H9BrClNOS. The monoisotopic (exact) mass is 329 g/mol. The number of benzene rings is 1. The third-order valence-electron chi connectivity index (χ3n) is 2.14. The van der Waals surface area contributed by atoms with Gasteiger partial charge in [0.1, 0.15) is 0 Å². The smallest absolute Gasteiger partial charge is 0.265 e. The van der Waals surface area contributed by atoms with E-state index in [1.165, 1.54) is 11.3 Å². The van der Waals surface area contributed by atoms with Crippen LogP contribution in [0, 0.1) is 0 Å². The predicted molar refractivity (Wildman–Crippen MR) is 76.4 cm³/mol. The number of amides is 1. The van der Waals surface area contributed by atoms with Crippen molar-refractivity contribution >= 4 is 50.5 Å². The lowest BCUT2D eigenvalue weighted by molar-refractivity contribution is 0.103. The van der Waals surface area contributed by atoms with Crippen LogP contribution in [0.3, 0.4) is 0 Å². The molecule has 2 rings (SSSR count). The van der Waals surface area contributed by atoms with E-state index in [1.54, 1.807) is 12.1 Å². The quantitative estimate of drug-likeness (QED) is 0.822. The molecule has 0 aliphatic rings. The molecule has 1 amide bonds. The van der Waals surface area contributed by atoms with Gasteiger partial charge in [-0.2, -0.15) is 0 Å². The van der Waals surface area contributed by atoms with Gasteiger partial charge in [-0.3, -0.25) is 4.79 Å². The largest absolute Gasteiger partial charge is 0.321 e. The number of halogens is 2. The minimum Gasteiger partial charge on any atom is -0.321 e. The number of thiophene rings is 1. The molecule has 88 valence electrons. The van der Waals surface area contributed by atoms with Crippen molar-refractivity contribution in [2.24, 2.45) is 0 Å². The lowest BCUT2D eigenvalue weighted by Crippen LogP contribution is -2.10. The van der Waals surface area contributed by atoms with Crippen molar-refractivity contribution in [3.8, 4) is 0 Å². The predicted octanol–water partition coefficient (Wildman–Crippen LogP) is 4.55. The minimum atomic E-state index is -0.131. The molecule has 0 spiro atoms. The van der Waals surface area contributed by atoms with Crippen LogP contribution in [0.1, 0.15) is 15.2 Å². The Morgan fingerprint density at radius 2 is 2.18 bits per heavy atom. The first-order chi connectivity index (χ1) is 8.19. The van der Waals surface area contributed by atoms with Crippen LogP contribution in [0.2, 0.25) is 4.34 Å². The van der Waals surface area contributed by atoms with E-state index in [2.05, 4.69) is 21.2 Å². The minimum absolute atomic E-state index is 0.131. The van der Waals surface area contributed by atoms with E-state index in [9.17, 15) is 4.79 Å². The molecule has 0 saturated heterocycles. The molecule has 2 nitrogen and oxygen atoms in total. The van der Waals surface area contributed by atoms with Crippen LogP contribution >= 0.6 is 38.9 Å². The highest BCUT2D eigenvalue weighted by atomic mass is 79.9. The van der Waals surface area contributed by atoms with Gasteiger partial charge in [0.15, 0.2) is 0 Å². The van der Waals surface area contributed by atoms with Gasteiger partial charge in [0.2, 0.25) is 0 Å². The molecule has 1 aromatic heterocycles. The van der Waals surface area contributed by atoms with E-state index in [1.807, 2.05) is 24.3 Å². The summed E-state index contributed by atoms with van der Waals surface area (Å²) in [5.74, 6) is -0.131. The number of nitrogens with one attached hydrogen (secondary N) is 1. The number of carbonyl (C=O) groups excluding carboxylic acids is 1. The summed E-state index contributed by atoms with van der Waals surface area (Å²) < 4.78 is 0.615. The van der Waals surface area contributed by atoms with Crippen molar-refractivity contribution in [1.29, 1.82) is 0 Å². The van der Waals surface area contributed by atoms with Crippen molar-refractivity contribution in [2.45, 2.75) is 5.33 Å². The van der Waals surface area contributed by atoms with E-state index in [4.69, 9.17) is 11.6 Å². The van der Waals surface area contributed by atoms with Crippen LogP contribution in [0.5, 0.6) is 0 Å². The zero-order valence-corrected chi connectivity index (χ0v) is 11.9. The summed E-state index contributed by atoms with van der Waals surface area (Å²) in [6.07, 6.45) is 0. The van der Waals surface area contributed by atoms with E-state index >= 15 is 0 Å². The van der Waals surface area contributed by atoms with Crippen LogP contribution in [0.4, 0.5) is 5.69 Å². The zero-order valence-electron chi connectivity index (χ0n) is 8.74. The Bertz CT molecular complexity index is 541. The second-order valence-electron chi connectivity index (χ2n) is 3.39. The normalized spacial score (nSPS) is 10.2. The van der Waals surface area contributed by atoms with Gasteiger partial charge in [-0.05, 0) is 29.8 Å². The van der Waals surface area contributed by atoms with Gasteiger partial charge in [-0.15, -0.1) is 11.3 Å². The number of hydrogen-bond acceptors (Lipinski definition) is 2. The second kappa shape index (κ2) is 5.67. The molecule has 1 N–H and O–H groups in total. The molecule has 2 aromatic rings. The molecule has 0 fully saturated rings. The van der Waals surface area contributed by atoms with Gasteiger partial charge in [0.25, 0.3) is 5.91 Å². The highest BCUT2D eigenvalue weighted by molar-refractivity contribution is 9.08. The SMILES string of the molecule is O=C(Nc1cccc(CBr)c1)c1ccc(Cl)s1. The first-order valence-corrected chi connectivity index (χ1v) is 7.22. The molecule has 0 aliphatic heterocycles. The molecule has 0 aliphatic carbocycles. The summed E-state index contributed by atoms with van der Waals surface area (Å²) in [7, 11) is 0. The first-order valence-electron chi connectivity index (χ1n) is 4.90. The number of anilines is 1. The summed E-state index contributed by atoms with van der Waals surface area (Å²) in [6, 6.07) is 11.1. The average Bonchev–Trinajstić information content (AvgIpc) is 2.76. The lowest BCUT2D eigenvalue weighted by Gasteiger charge is -2.04. The molecular weight excluding hydrogens is 322 g/mol. The second-order valence-corrected chi connectivity index (χ2v) is 5.67. The molecule has 1 heterocycles. The summed E-state index contributed by atoms with van der Waals surface area (Å²) in [6.45, 7) is 0. The molecule has 5 heteroatoms. The van der Waals surface area contributed by atoms with Crippen LogP contribution < -0.4 is 5.32 Å². The summed E-state index contributed by atoms with van der Waals surface area (Å²) in [4.78, 5) is 12.5. The first kappa shape index (κ1) is 12.6. The van der Waals surface area contributed by atoms with Crippen molar-refractivity contribution < 1.29 is 4.79 Å². The fourth-order valence-corrected chi connectivity index (χ4v) is 2.65. The van der Waals surface area contributed by atoms with Crippen molar-refractivity contribution in [3.63, 3.8) is 0 Å².